The number of likely N-dealkylation sites (N-methyl/N-ethyl adjacent to an activating group) is 1. The van der Waals surface area contributed by atoms with Crippen molar-refractivity contribution in [3.63, 3.8) is 0 Å². The van der Waals surface area contributed by atoms with Crippen molar-refractivity contribution in [1.29, 1.82) is 0 Å². The lowest BCUT2D eigenvalue weighted by atomic mass is 10.0. The minimum absolute atomic E-state index is 0.0802. The van der Waals surface area contributed by atoms with Crippen LogP contribution in [0.1, 0.15) is 27.2 Å². The number of nitrogens with one attached hydrogen (secondary N) is 1. The van der Waals surface area contributed by atoms with Gasteiger partial charge in [-0.1, -0.05) is 6.92 Å². The first-order valence-electron chi connectivity index (χ1n) is 7.08. The maximum absolute atomic E-state index is 12.0. The Kier molecular flexibility index (Phi) is 5.90. The van der Waals surface area contributed by atoms with Crippen molar-refractivity contribution in [3.8, 4) is 0 Å². The molecule has 0 bridgehead atoms. The van der Waals surface area contributed by atoms with Crippen molar-refractivity contribution in [3.05, 3.63) is 22.6 Å². The molecule has 0 saturated heterocycles. The molecule has 1 rings (SSSR count). The molecule has 0 aliphatic heterocycles. The Morgan fingerprint density at radius 3 is 2.71 bits per heavy atom. The van der Waals surface area contributed by atoms with Crippen LogP contribution in [-0.2, 0) is 11.3 Å². The van der Waals surface area contributed by atoms with Gasteiger partial charge in [0.05, 0.1) is 11.9 Å². The van der Waals surface area contributed by atoms with E-state index in [1.165, 1.54) is 6.07 Å². The molecule has 0 unspecified atom stereocenters. The van der Waals surface area contributed by atoms with Gasteiger partial charge in [-0.2, -0.15) is 5.10 Å². The second-order valence-electron chi connectivity index (χ2n) is 5.71. The molecule has 3 N–H and O–H groups in total. The highest BCUT2D eigenvalue weighted by molar-refractivity contribution is 5.76. The highest BCUT2D eigenvalue weighted by Gasteiger charge is 2.18. The molecule has 0 spiro atoms. The number of carbonyl (C=O) groups excluding carboxylic acids is 1. The monoisotopic (exact) mass is 295 g/mol. The van der Waals surface area contributed by atoms with Gasteiger partial charge in [-0.25, -0.2) is 4.68 Å². The molecule has 0 aliphatic carbocycles. The fourth-order valence-electron chi connectivity index (χ4n) is 1.72. The predicted octanol–water partition coefficient (Wildman–Crippen LogP) is -0.0570. The number of nitrogens with two attached hydrogens (primary N) is 1. The van der Waals surface area contributed by atoms with Gasteiger partial charge in [0, 0.05) is 31.7 Å². The van der Waals surface area contributed by atoms with E-state index in [0.29, 0.717) is 18.8 Å². The molecule has 1 amide bonds. The van der Waals surface area contributed by atoms with E-state index in [0.717, 1.165) is 11.1 Å². The van der Waals surface area contributed by atoms with E-state index in [1.807, 2.05) is 32.7 Å². The number of amides is 1. The number of anilines is 1. The fraction of sp³-hybridized carbons (Fsp3) is 0.643. The number of hydrogen-bond donors (Lipinski definition) is 2. The molecule has 1 aromatic heterocycles. The second kappa shape index (κ2) is 7.21. The highest BCUT2D eigenvalue weighted by Crippen LogP contribution is 2.07. The standard InChI is InChI=1S/C14H25N5O2/c1-5-14(2,3)17-12(20)10-19-13(21)8-11(9-16-19)18(4)7-6-15/h8-9H,5-7,10,15H2,1-4H3,(H,17,20). The lowest BCUT2D eigenvalue weighted by Gasteiger charge is -2.24. The molecule has 21 heavy (non-hydrogen) atoms. The second-order valence-corrected chi connectivity index (χ2v) is 5.71. The van der Waals surface area contributed by atoms with Crippen molar-refractivity contribution < 1.29 is 4.79 Å². The zero-order valence-electron chi connectivity index (χ0n) is 13.2. The van der Waals surface area contributed by atoms with Crippen LogP contribution in [0.25, 0.3) is 0 Å². The molecule has 0 atom stereocenters. The van der Waals surface area contributed by atoms with E-state index in [-0.39, 0.29) is 23.6 Å². The van der Waals surface area contributed by atoms with Gasteiger partial charge in [-0.3, -0.25) is 9.59 Å². The Balaban J connectivity index is 2.77. The van der Waals surface area contributed by atoms with E-state index in [1.54, 1.807) is 6.20 Å². The summed E-state index contributed by atoms with van der Waals surface area (Å²) in [5, 5.41) is 6.91. The van der Waals surface area contributed by atoms with Crippen molar-refractivity contribution in [2.75, 3.05) is 25.0 Å². The lowest BCUT2D eigenvalue weighted by molar-refractivity contribution is -0.123. The average molecular weight is 295 g/mol. The van der Waals surface area contributed by atoms with Crippen LogP contribution in [0.15, 0.2) is 17.1 Å². The molecule has 0 radical (unpaired) electrons. The van der Waals surface area contributed by atoms with Gasteiger partial charge >= 0.3 is 0 Å². The molecular weight excluding hydrogens is 270 g/mol. The van der Waals surface area contributed by atoms with E-state index in [9.17, 15) is 9.59 Å². The average Bonchev–Trinajstić information content (AvgIpc) is 2.40. The zero-order valence-corrected chi connectivity index (χ0v) is 13.2. The summed E-state index contributed by atoms with van der Waals surface area (Å²) in [6.45, 7) is 6.91. The summed E-state index contributed by atoms with van der Waals surface area (Å²) < 4.78 is 1.15. The largest absolute Gasteiger partial charge is 0.372 e. The van der Waals surface area contributed by atoms with Gasteiger partial charge in [-0.05, 0) is 20.3 Å². The normalized spacial score (nSPS) is 11.3. The summed E-state index contributed by atoms with van der Waals surface area (Å²) in [6, 6.07) is 1.46. The molecule has 0 aliphatic rings. The highest BCUT2D eigenvalue weighted by atomic mass is 16.2. The van der Waals surface area contributed by atoms with Gasteiger partial charge < -0.3 is 16.0 Å². The summed E-state index contributed by atoms with van der Waals surface area (Å²) in [4.78, 5) is 25.8. The van der Waals surface area contributed by atoms with Crippen LogP contribution in [0.3, 0.4) is 0 Å². The quantitative estimate of drug-likeness (QED) is 0.735. The van der Waals surface area contributed by atoms with Crippen LogP contribution in [0, 0.1) is 0 Å². The Hall–Kier alpha value is -1.89. The predicted molar refractivity (Wildman–Crippen MR) is 83.3 cm³/mol. The van der Waals surface area contributed by atoms with Crippen molar-refractivity contribution >= 4 is 11.6 Å². The van der Waals surface area contributed by atoms with Crippen LogP contribution in [-0.4, -0.2) is 41.4 Å². The van der Waals surface area contributed by atoms with E-state index < -0.39 is 0 Å². The topological polar surface area (TPSA) is 93.2 Å². The number of nitrogens with zero attached hydrogens (tertiary/aromatic N) is 3. The molecule has 0 aromatic carbocycles. The Morgan fingerprint density at radius 2 is 2.19 bits per heavy atom. The van der Waals surface area contributed by atoms with Crippen molar-refractivity contribution in [2.45, 2.75) is 39.3 Å². The lowest BCUT2D eigenvalue weighted by Crippen LogP contribution is -2.45. The van der Waals surface area contributed by atoms with Gasteiger partial charge in [0.1, 0.15) is 6.54 Å². The summed E-state index contributed by atoms with van der Waals surface area (Å²) in [5.74, 6) is -0.223. The van der Waals surface area contributed by atoms with Gasteiger partial charge in [-0.15, -0.1) is 0 Å². The Morgan fingerprint density at radius 1 is 1.52 bits per heavy atom. The smallest absolute Gasteiger partial charge is 0.269 e. The first-order valence-corrected chi connectivity index (χ1v) is 7.08. The number of carbonyl (C=O) groups is 1. The molecule has 7 heteroatoms. The SMILES string of the molecule is CCC(C)(C)NC(=O)Cn1ncc(N(C)CCN)cc1=O. The number of aromatic nitrogens is 2. The molecule has 7 nitrogen and oxygen atoms in total. The maximum Gasteiger partial charge on any atom is 0.269 e. The van der Waals surface area contributed by atoms with Crippen LogP contribution < -0.4 is 21.5 Å². The van der Waals surface area contributed by atoms with Gasteiger partial charge in [0.15, 0.2) is 0 Å². The van der Waals surface area contributed by atoms with Crippen molar-refractivity contribution in [1.82, 2.24) is 15.1 Å². The maximum atomic E-state index is 12.0. The first kappa shape index (κ1) is 17.2. The summed E-state index contributed by atoms with van der Waals surface area (Å²) >= 11 is 0. The van der Waals surface area contributed by atoms with E-state index in [4.69, 9.17) is 5.73 Å². The molecule has 1 heterocycles. The van der Waals surface area contributed by atoms with Gasteiger partial charge in [0.25, 0.3) is 5.56 Å². The third-order valence-electron chi connectivity index (χ3n) is 3.42. The van der Waals surface area contributed by atoms with Crippen LogP contribution in [0.4, 0.5) is 5.69 Å². The Bertz CT molecular complexity index is 538. The van der Waals surface area contributed by atoms with Crippen LogP contribution in [0.5, 0.6) is 0 Å². The van der Waals surface area contributed by atoms with Crippen molar-refractivity contribution in [2.24, 2.45) is 5.73 Å². The van der Waals surface area contributed by atoms with Crippen LogP contribution >= 0.6 is 0 Å². The van der Waals surface area contributed by atoms with Gasteiger partial charge in [0.2, 0.25) is 5.91 Å². The molecule has 118 valence electrons. The van der Waals surface area contributed by atoms with E-state index in [2.05, 4.69) is 10.4 Å². The molecule has 0 fully saturated rings. The summed E-state index contributed by atoms with van der Waals surface area (Å²) in [7, 11) is 1.84. The fourth-order valence-corrected chi connectivity index (χ4v) is 1.72. The number of rotatable bonds is 7. The minimum atomic E-state index is -0.305. The first-order chi connectivity index (χ1) is 9.79. The summed E-state index contributed by atoms with van der Waals surface area (Å²) in [6.07, 6.45) is 2.37. The molecular formula is C14H25N5O2. The van der Waals surface area contributed by atoms with Crippen LogP contribution in [0.2, 0.25) is 0 Å². The summed E-state index contributed by atoms with van der Waals surface area (Å²) in [5.41, 5.74) is 5.57. The molecule has 1 aromatic rings. The minimum Gasteiger partial charge on any atom is -0.372 e. The Labute approximate surface area is 125 Å². The molecule has 0 saturated carbocycles. The third-order valence-corrected chi connectivity index (χ3v) is 3.42. The third kappa shape index (κ3) is 5.18. The van der Waals surface area contributed by atoms with E-state index >= 15 is 0 Å². The number of hydrogen-bond acceptors (Lipinski definition) is 5. The zero-order chi connectivity index (χ0) is 16.0.